The van der Waals surface area contributed by atoms with Crippen LogP contribution in [0.2, 0.25) is 0 Å². The predicted molar refractivity (Wildman–Crippen MR) is 126 cm³/mol. The van der Waals surface area contributed by atoms with Gasteiger partial charge in [0.05, 0.1) is 4.90 Å². The third-order valence-electron chi connectivity index (χ3n) is 4.29. The Morgan fingerprint density at radius 3 is 2.44 bits per heavy atom. The topological polar surface area (TPSA) is 140 Å². The van der Waals surface area contributed by atoms with Gasteiger partial charge in [-0.2, -0.15) is 0 Å². The predicted octanol–water partition coefficient (Wildman–Crippen LogP) is 3.40. The molecule has 0 saturated heterocycles. The number of ether oxygens (including phenoxy) is 1. The van der Waals surface area contributed by atoms with Crippen LogP contribution in [0.1, 0.15) is 31.3 Å². The van der Waals surface area contributed by atoms with E-state index >= 15 is 0 Å². The fourth-order valence-corrected chi connectivity index (χ4v) is 3.89. The summed E-state index contributed by atoms with van der Waals surface area (Å²) in [6, 6.07) is 16.5. The van der Waals surface area contributed by atoms with Gasteiger partial charge in [-0.15, -0.1) is 0 Å². The minimum atomic E-state index is -3.88. The molecule has 0 aliphatic heterocycles. The van der Waals surface area contributed by atoms with Crippen molar-refractivity contribution >= 4 is 27.7 Å². The molecule has 0 aliphatic rings. The Labute approximate surface area is 197 Å². The van der Waals surface area contributed by atoms with Crippen LogP contribution in [0.25, 0.3) is 11.3 Å². The highest BCUT2D eigenvalue weighted by Gasteiger charge is 2.18. The van der Waals surface area contributed by atoms with E-state index in [2.05, 4.69) is 20.5 Å². The Bertz CT molecular complexity index is 1250. The summed E-state index contributed by atoms with van der Waals surface area (Å²) in [6.07, 6.45) is -0.640. The number of rotatable bonds is 8. The van der Waals surface area contributed by atoms with Gasteiger partial charge in [0.2, 0.25) is 15.8 Å². The number of carbonyl (C=O) groups excluding carboxylic acids is 2. The second-order valence-electron chi connectivity index (χ2n) is 8.25. The molecular formula is C23H26N4O6S. The largest absolute Gasteiger partial charge is 0.444 e. The molecule has 0 bridgehead atoms. The number of alkyl carbamates (subject to hydrolysis) is 1. The number of hydrogen-bond donors (Lipinski definition) is 3. The maximum atomic E-state index is 12.6. The maximum Gasteiger partial charge on any atom is 0.407 e. The van der Waals surface area contributed by atoms with Gasteiger partial charge >= 0.3 is 6.09 Å². The fraction of sp³-hybridized carbons (Fsp3) is 0.261. The lowest BCUT2D eigenvalue weighted by Crippen LogP contribution is -2.37. The molecular weight excluding hydrogens is 460 g/mol. The molecule has 0 fully saturated rings. The van der Waals surface area contributed by atoms with Crippen molar-refractivity contribution in [1.29, 1.82) is 0 Å². The molecule has 1 heterocycles. The Morgan fingerprint density at radius 1 is 1.00 bits per heavy atom. The van der Waals surface area contributed by atoms with Crippen LogP contribution >= 0.6 is 0 Å². The quantitative estimate of drug-likeness (QED) is 0.415. The summed E-state index contributed by atoms with van der Waals surface area (Å²) < 4.78 is 37.8. The van der Waals surface area contributed by atoms with E-state index in [0.717, 1.165) is 5.56 Å². The number of hydrogen-bond acceptors (Lipinski definition) is 7. The van der Waals surface area contributed by atoms with E-state index in [0.29, 0.717) is 5.69 Å². The monoisotopic (exact) mass is 486 g/mol. The number of carbonyl (C=O) groups is 2. The second-order valence-corrected chi connectivity index (χ2v) is 10.0. The van der Waals surface area contributed by atoms with Crippen molar-refractivity contribution in [2.75, 3.05) is 18.4 Å². The van der Waals surface area contributed by atoms with Crippen molar-refractivity contribution in [2.45, 2.75) is 31.3 Å². The van der Waals surface area contributed by atoms with E-state index in [1.54, 1.807) is 26.8 Å². The SMILES string of the molecule is CC(C)(C)OC(=O)NCCNS(=O)(=O)c1cccc(NC(=O)c2cc(-c3ccccc3)no2)c1. The molecule has 11 heteroatoms. The molecule has 0 spiro atoms. The number of sulfonamides is 1. The first kappa shape index (κ1) is 24.9. The van der Waals surface area contributed by atoms with Crippen LogP contribution in [0.4, 0.5) is 10.5 Å². The van der Waals surface area contributed by atoms with E-state index in [1.165, 1.54) is 24.3 Å². The highest BCUT2D eigenvalue weighted by Crippen LogP contribution is 2.20. The zero-order chi connectivity index (χ0) is 24.8. The van der Waals surface area contributed by atoms with E-state index in [4.69, 9.17) is 9.26 Å². The van der Waals surface area contributed by atoms with Crippen molar-refractivity contribution in [1.82, 2.24) is 15.2 Å². The highest BCUT2D eigenvalue weighted by molar-refractivity contribution is 7.89. The van der Waals surface area contributed by atoms with Gasteiger partial charge in [-0.1, -0.05) is 41.6 Å². The normalized spacial score (nSPS) is 11.6. The van der Waals surface area contributed by atoms with E-state index in [9.17, 15) is 18.0 Å². The third-order valence-corrected chi connectivity index (χ3v) is 5.75. The number of nitrogens with one attached hydrogen (secondary N) is 3. The summed E-state index contributed by atoms with van der Waals surface area (Å²) in [6.45, 7) is 5.18. The zero-order valence-electron chi connectivity index (χ0n) is 19.0. The summed E-state index contributed by atoms with van der Waals surface area (Å²) in [5.74, 6) is -0.586. The van der Waals surface area contributed by atoms with Gasteiger partial charge in [-0.25, -0.2) is 17.9 Å². The van der Waals surface area contributed by atoms with E-state index < -0.39 is 27.6 Å². The maximum absolute atomic E-state index is 12.6. The van der Waals surface area contributed by atoms with Crippen LogP contribution in [-0.2, 0) is 14.8 Å². The minimum absolute atomic E-state index is 0.0153. The summed E-state index contributed by atoms with van der Waals surface area (Å²) in [4.78, 5) is 24.1. The molecule has 0 radical (unpaired) electrons. The highest BCUT2D eigenvalue weighted by atomic mass is 32.2. The molecule has 0 atom stereocenters. The van der Waals surface area contributed by atoms with Crippen molar-refractivity contribution in [3.63, 3.8) is 0 Å². The van der Waals surface area contributed by atoms with Gasteiger partial charge in [0.25, 0.3) is 5.91 Å². The molecule has 2 aromatic carbocycles. The van der Waals surface area contributed by atoms with E-state index in [-0.39, 0.29) is 29.4 Å². The molecule has 0 aliphatic carbocycles. The molecule has 10 nitrogen and oxygen atoms in total. The summed E-state index contributed by atoms with van der Waals surface area (Å²) in [5, 5.41) is 8.97. The lowest BCUT2D eigenvalue weighted by atomic mass is 10.1. The fourth-order valence-electron chi connectivity index (χ4n) is 2.81. The lowest BCUT2D eigenvalue weighted by Gasteiger charge is -2.19. The third kappa shape index (κ3) is 7.15. The average molecular weight is 487 g/mol. The van der Waals surface area contributed by atoms with Crippen LogP contribution in [-0.4, -0.2) is 44.3 Å². The second kappa shape index (κ2) is 10.5. The first-order chi connectivity index (χ1) is 16.0. The Morgan fingerprint density at radius 2 is 1.74 bits per heavy atom. The lowest BCUT2D eigenvalue weighted by molar-refractivity contribution is 0.0528. The molecule has 3 N–H and O–H groups in total. The number of aromatic nitrogens is 1. The number of nitrogens with zero attached hydrogens (tertiary/aromatic N) is 1. The Hall–Kier alpha value is -3.70. The van der Waals surface area contributed by atoms with Gasteiger partial charge < -0.3 is 19.9 Å². The van der Waals surface area contributed by atoms with Gasteiger partial charge in [0.15, 0.2) is 0 Å². The smallest absolute Gasteiger partial charge is 0.407 e. The van der Waals surface area contributed by atoms with Crippen LogP contribution in [0.3, 0.4) is 0 Å². The number of benzene rings is 2. The molecule has 34 heavy (non-hydrogen) atoms. The van der Waals surface area contributed by atoms with Gasteiger partial charge in [-0.05, 0) is 39.0 Å². The Kier molecular flexibility index (Phi) is 7.69. The Balaban J connectivity index is 1.58. The van der Waals surface area contributed by atoms with Crippen molar-refractivity contribution in [3.8, 4) is 11.3 Å². The number of anilines is 1. The molecule has 3 rings (SSSR count). The first-order valence-corrected chi connectivity index (χ1v) is 11.9. The summed E-state index contributed by atoms with van der Waals surface area (Å²) in [7, 11) is -3.88. The van der Waals surface area contributed by atoms with Crippen LogP contribution in [0, 0.1) is 0 Å². The van der Waals surface area contributed by atoms with Gasteiger partial charge in [0.1, 0.15) is 11.3 Å². The molecule has 180 valence electrons. The van der Waals surface area contributed by atoms with Crippen LogP contribution < -0.4 is 15.4 Å². The minimum Gasteiger partial charge on any atom is -0.444 e. The zero-order valence-corrected chi connectivity index (χ0v) is 19.8. The first-order valence-electron chi connectivity index (χ1n) is 10.4. The summed E-state index contributed by atoms with van der Waals surface area (Å²) in [5.41, 5.74) is 0.915. The van der Waals surface area contributed by atoms with E-state index in [1.807, 2.05) is 30.3 Å². The van der Waals surface area contributed by atoms with Crippen LogP contribution in [0.15, 0.2) is 70.1 Å². The standard InChI is InChI=1S/C23H26N4O6S/c1-23(2,3)32-22(29)24-12-13-25-34(30,31)18-11-7-10-17(14-18)26-21(28)20-15-19(27-33-20)16-8-5-4-6-9-16/h4-11,14-15,25H,12-13H2,1-3H3,(H,24,29)(H,26,28). The number of amides is 2. The van der Waals surface area contributed by atoms with Gasteiger partial charge in [0, 0.05) is 30.4 Å². The molecule has 0 saturated carbocycles. The molecule has 0 unspecified atom stereocenters. The molecule has 1 aromatic heterocycles. The van der Waals surface area contributed by atoms with Crippen molar-refractivity contribution in [3.05, 3.63) is 66.4 Å². The van der Waals surface area contributed by atoms with Crippen molar-refractivity contribution in [2.24, 2.45) is 0 Å². The average Bonchev–Trinajstić information content (AvgIpc) is 3.27. The summed E-state index contributed by atoms with van der Waals surface area (Å²) >= 11 is 0. The van der Waals surface area contributed by atoms with Crippen LogP contribution in [0.5, 0.6) is 0 Å². The van der Waals surface area contributed by atoms with Crippen molar-refractivity contribution < 1.29 is 27.3 Å². The van der Waals surface area contributed by atoms with Gasteiger partial charge in [-0.3, -0.25) is 4.79 Å². The molecule has 2 amide bonds. The molecule has 3 aromatic rings.